The molecule has 0 unspecified atom stereocenters. The number of nitrogens with one attached hydrogen (secondary N) is 1. The molecule has 11 heteroatoms. The highest BCUT2D eigenvalue weighted by Gasteiger charge is 2.34. The molecule has 10 nitrogen and oxygen atoms in total. The first kappa shape index (κ1) is 21.8. The average Bonchev–Trinajstić information content (AvgIpc) is 2.76. The van der Waals surface area contributed by atoms with Crippen LogP contribution in [0.3, 0.4) is 0 Å². The van der Waals surface area contributed by atoms with Crippen molar-refractivity contribution in [3.8, 4) is 0 Å². The maximum atomic E-state index is 12.7. The van der Waals surface area contributed by atoms with Crippen molar-refractivity contribution in [3.63, 3.8) is 0 Å². The zero-order valence-electron chi connectivity index (χ0n) is 17.1. The maximum Gasteiger partial charge on any atom is 0.321 e. The zero-order chi connectivity index (χ0) is 20.9. The predicted molar refractivity (Wildman–Crippen MR) is 111 cm³/mol. The van der Waals surface area contributed by atoms with Gasteiger partial charge in [0.2, 0.25) is 0 Å². The molecule has 2 saturated heterocycles. The molecule has 0 radical (unpaired) electrons. The van der Waals surface area contributed by atoms with E-state index >= 15 is 0 Å². The summed E-state index contributed by atoms with van der Waals surface area (Å²) < 4.78 is 33.5. The lowest BCUT2D eigenvalue weighted by molar-refractivity contribution is 0.0691. The van der Waals surface area contributed by atoms with Gasteiger partial charge in [-0.3, -0.25) is 0 Å². The molecule has 1 aromatic heterocycles. The van der Waals surface area contributed by atoms with Crippen LogP contribution in [0.1, 0.15) is 13.8 Å². The third-order valence-corrected chi connectivity index (χ3v) is 7.27. The van der Waals surface area contributed by atoms with Crippen molar-refractivity contribution in [1.82, 2.24) is 18.5 Å². The number of amides is 2. The highest BCUT2D eigenvalue weighted by atomic mass is 32.2. The number of rotatable bonds is 6. The first-order valence-corrected chi connectivity index (χ1v) is 11.4. The Labute approximate surface area is 172 Å². The number of hydrogen-bond donors (Lipinski definition) is 1. The molecule has 29 heavy (non-hydrogen) atoms. The standard InChI is InChI=1S/C18H30N6O4S/c1-3-21(4-2)17-6-5-16(15-19-17)20-18(25)22-7-9-23(10-8-22)29(26,27)24-11-13-28-14-12-24/h5-6,15H,3-4,7-14H2,1-2H3,(H,20,25). The van der Waals surface area contributed by atoms with Gasteiger partial charge in [0, 0.05) is 52.4 Å². The fraction of sp³-hybridized carbons (Fsp3) is 0.667. The number of ether oxygens (including phenoxy) is 1. The van der Waals surface area contributed by atoms with Crippen LogP contribution in [0.25, 0.3) is 0 Å². The van der Waals surface area contributed by atoms with Gasteiger partial charge in [-0.25, -0.2) is 9.78 Å². The van der Waals surface area contributed by atoms with E-state index in [0.29, 0.717) is 45.1 Å². The Morgan fingerprint density at radius 1 is 1.07 bits per heavy atom. The van der Waals surface area contributed by atoms with E-state index in [0.717, 1.165) is 18.9 Å². The Kier molecular flexibility index (Phi) is 7.28. The fourth-order valence-corrected chi connectivity index (χ4v) is 5.02. The Morgan fingerprint density at radius 2 is 1.69 bits per heavy atom. The summed E-state index contributed by atoms with van der Waals surface area (Å²) in [5.74, 6) is 0.870. The summed E-state index contributed by atoms with van der Waals surface area (Å²) in [6, 6.07) is 3.47. The number of piperazine rings is 1. The largest absolute Gasteiger partial charge is 0.379 e. The smallest absolute Gasteiger partial charge is 0.321 e. The molecule has 2 aliphatic rings. The third kappa shape index (κ3) is 5.16. The molecule has 0 atom stereocenters. The van der Waals surface area contributed by atoms with Crippen molar-refractivity contribution in [3.05, 3.63) is 18.3 Å². The lowest BCUT2D eigenvalue weighted by atomic mass is 10.3. The van der Waals surface area contributed by atoms with Crippen LogP contribution >= 0.6 is 0 Å². The highest BCUT2D eigenvalue weighted by molar-refractivity contribution is 7.86. The molecule has 1 aromatic rings. The molecule has 2 amide bonds. The summed E-state index contributed by atoms with van der Waals surface area (Å²) in [4.78, 5) is 20.7. The number of pyridine rings is 1. The van der Waals surface area contributed by atoms with Gasteiger partial charge in [0.05, 0.1) is 25.1 Å². The minimum absolute atomic E-state index is 0.245. The first-order chi connectivity index (χ1) is 14.0. The van der Waals surface area contributed by atoms with Gasteiger partial charge in [0.25, 0.3) is 10.2 Å². The van der Waals surface area contributed by atoms with E-state index in [1.165, 1.54) is 8.61 Å². The van der Waals surface area contributed by atoms with Crippen molar-refractivity contribution in [1.29, 1.82) is 0 Å². The van der Waals surface area contributed by atoms with Gasteiger partial charge in [0.1, 0.15) is 5.82 Å². The van der Waals surface area contributed by atoms with Gasteiger partial charge in [0.15, 0.2) is 0 Å². The molecule has 0 aromatic carbocycles. The fourth-order valence-electron chi connectivity index (χ4n) is 3.46. The molecule has 0 saturated carbocycles. The van der Waals surface area contributed by atoms with Crippen molar-refractivity contribution >= 4 is 27.7 Å². The van der Waals surface area contributed by atoms with Gasteiger partial charge in [-0.1, -0.05) is 0 Å². The summed E-state index contributed by atoms with van der Waals surface area (Å²) >= 11 is 0. The topological polar surface area (TPSA) is 98.3 Å². The van der Waals surface area contributed by atoms with Crippen LogP contribution in [-0.4, -0.2) is 98.5 Å². The van der Waals surface area contributed by atoms with Crippen molar-refractivity contribution < 1.29 is 17.9 Å². The van der Waals surface area contributed by atoms with E-state index in [-0.39, 0.29) is 19.1 Å². The minimum Gasteiger partial charge on any atom is -0.379 e. The van der Waals surface area contributed by atoms with Gasteiger partial charge >= 0.3 is 6.03 Å². The van der Waals surface area contributed by atoms with Crippen LogP contribution in [0.5, 0.6) is 0 Å². The average molecular weight is 427 g/mol. The number of morpholine rings is 1. The first-order valence-electron chi connectivity index (χ1n) is 10.1. The van der Waals surface area contributed by atoms with Crippen molar-refractivity contribution in [2.45, 2.75) is 13.8 Å². The van der Waals surface area contributed by atoms with Gasteiger partial charge < -0.3 is 19.9 Å². The molecule has 0 bridgehead atoms. The van der Waals surface area contributed by atoms with Crippen LogP contribution in [-0.2, 0) is 14.9 Å². The number of carbonyl (C=O) groups is 1. The number of nitrogens with zero attached hydrogens (tertiary/aromatic N) is 5. The Balaban J connectivity index is 1.52. The summed E-state index contributed by atoms with van der Waals surface area (Å²) in [5, 5.41) is 2.84. The van der Waals surface area contributed by atoms with E-state index in [1.54, 1.807) is 11.1 Å². The molecule has 3 rings (SSSR count). The Bertz CT molecular complexity index is 770. The molecule has 0 aliphatic carbocycles. The third-order valence-electron chi connectivity index (χ3n) is 5.24. The minimum atomic E-state index is -3.50. The Hall–Kier alpha value is -1.95. The highest BCUT2D eigenvalue weighted by Crippen LogP contribution is 2.17. The summed E-state index contributed by atoms with van der Waals surface area (Å²) in [7, 11) is -3.50. The number of urea groups is 1. The van der Waals surface area contributed by atoms with Crippen molar-refractivity contribution in [2.24, 2.45) is 0 Å². The van der Waals surface area contributed by atoms with Crippen LogP contribution in [0.4, 0.5) is 16.3 Å². The molecule has 0 spiro atoms. The van der Waals surface area contributed by atoms with Gasteiger partial charge in [-0.15, -0.1) is 0 Å². The SMILES string of the molecule is CCN(CC)c1ccc(NC(=O)N2CCN(S(=O)(=O)N3CCOCC3)CC2)cn1. The van der Waals surface area contributed by atoms with Crippen LogP contribution in [0.2, 0.25) is 0 Å². The predicted octanol–water partition coefficient (Wildman–Crippen LogP) is 0.654. The van der Waals surface area contributed by atoms with Gasteiger partial charge in [-0.2, -0.15) is 17.0 Å². The van der Waals surface area contributed by atoms with E-state index in [1.807, 2.05) is 12.1 Å². The quantitative estimate of drug-likeness (QED) is 0.717. The molecular formula is C18H30N6O4S. The van der Waals surface area contributed by atoms with Crippen LogP contribution < -0.4 is 10.2 Å². The maximum absolute atomic E-state index is 12.7. The summed E-state index contributed by atoms with van der Waals surface area (Å²) in [6.07, 6.45) is 1.64. The monoisotopic (exact) mass is 426 g/mol. The van der Waals surface area contributed by atoms with E-state index in [2.05, 4.69) is 29.0 Å². The molecule has 2 fully saturated rings. The zero-order valence-corrected chi connectivity index (χ0v) is 17.9. The molecule has 2 aliphatic heterocycles. The van der Waals surface area contributed by atoms with Crippen molar-refractivity contribution in [2.75, 3.05) is 75.8 Å². The van der Waals surface area contributed by atoms with E-state index < -0.39 is 10.2 Å². The number of carbonyl (C=O) groups excluding carboxylic acids is 1. The Morgan fingerprint density at radius 3 is 2.24 bits per heavy atom. The summed E-state index contributed by atoms with van der Waals surface area (Å²) in [5.41, 5.74) is 0.620. The second kappa shape index (κ2) is 9.70. The van der Waals surface area contributed by atoms with Crippen LogP contribution in [0.15, 0.2) is 18.3 Å². The summed E-state index contributed by atoms with van der Waals surface area (Å²) in [6.45, 7) is 8.73. The van der Waals surface area contributed by atoms with Crippen LogP contribution in [0, 0.1) is 0 Å². The number of anilines is 2. The van der Waals surface area contributed by atoms with E-state index in [9.17, 15) is 13.2 Å². The molecule has 3 heterocycles. The van der Waals surface area contributed by atoms with Gasteiger partial charge in [-0.05, 0) is 26.0 Å². The normalized spacial score (nSPS) is 19.2. The molecule has 162 valence electrons. The second-order valence-corrected chi connectivity index (χ2v) is 8.84. The van der Waals surface area contributed by atoms with E-state index in [4.69, 9.17) is 4.74 Å². The second-order valence-electron chi connectivity index (χ2n) is 6.91. The number of hydrogen-bond acceptors (Lipinski definition) is 6. The molecule has 1 N–H and O–H groups in total. The number of aromatic nitrogens is 1. The lowest BCUT2D eigenvalue weighted by Crippen LogP contribution is -2.56. The lowest BCUT2D eigenvalue weighted by Gasteiger charge is -2.37. The molecular weight excluding hydrogens is 396 g/mol.